The zero-order valence-electron chi connectivity index (χ0n) is 13.3. The molecule has 0 atom stereocenters. The van der Waals surface area contributed by atoms with Crippen LogP contribution >= 0.6 is 15.9 Å². The zero-order chi connectivity index (χ0) is 16.3. The van der Waals surface area contributed by atoms with E-state index in [0.29, 0.717) is 25.3 Å². The fourth-order valence-corrected chi connectivity index (χ4v) is 2.55. The van der Waals surface area contributed by atoms with Crippen molar-refractivity contribution in [1.29, 1.82) is 0 Å². The van der Waals surface area contributed by atoms with Crippen LogP contribution in [-0.2, 0) is 9.59 Å². The van der Waals surface area contributed by atoms with Crippen molar-refractivity contribution in [3.8, 4) is 0 Å². The van der Waals surface area contributed by atoms with E-state index in [2.05, 4.69) is 40.4 Å². The summed E-state index contributed by atoms with van der Waals surface area (Å²) in [7, 11) is 0. The Hall–Kier alpha value is -1.36. The molecule has 2 rings (SSSR count). The molecule has 2 amide bonds. The number of nitrogens with one attached hydrogen (secondary N) is 2. The number of aryl methyl sites for hydroxylation is 1. The minimum atomic E-state index is -0.863. The van der Waals surface area contributed by atoms with E-state index in [1.807, 2.05) is 25.1 Å². The third-order valence-electron chi connectivity index (χ3n) is 4.04. The van der Waals surface area contributed by atoms with Crippen LogP contribution in [-0.4, -0.2) is 18.4 Å². The molecule has 0 aromatic heterocycles. The van der Waals surface area contributed by atoms with Crippen LogP contribution in [0.1, 0.15) is 38.7 Å². The number of hydrogen-bond acceptors (Lipinski definition) is 2. The van der Waals surface area contributed by atoms with Gasteiger partial charge in [-0.05, 0) is 55.9 Å². The van der Waals surface area contributed by atoms with Crippen LogP contribution < -0.4 is 10.6 Å². The summed E-state index contributed by atoms with van der Waals surface area (Å²) >= 11 is 3.43. The quantitative estimate of drug-likeness (QED) is 0.755. The smallest absolute Gasteiger partial charge is 0.240 e. The van der Waals surface area contributed by atoms with Gasteiger partial charge in [-0.2, -0.15) is 0 Å². The molecule has 2 N–H and O–H groups in total. The van der Waals surface area contributed by atoms with Crippen LogP contribution in [0.5, 0.6) is 0 Å². The molecule has 0 radical (unpaired) electrons. The molecule has 0 bridgehead atoms. The number of rotatable bonds is 6. The van der Waals surface area contributed by atoms with Crippen molar-refractivity contribution in [2.75, 3.05) is 11.9 Å². The van der Waals surface area contributed by atoms with Crippen LogP contribution in [0.25, 0.3) is 0 Å². The van der Waals surface area contributed by atoms with Gasteiger partial charge >= 0.3 is 0 Å². The molecule has 1 aliphatic rings. The minimum absolute atomic E-state index is 0.139. The molecule has 1 aromatic carbocycles. The van der Waals surface area contributed by atoms with Crippen molar-refractivity contribution in [2.45, 2.75) is 40.0 Å². The van der Waals surface area contributed by atoms with Crippen molar-refractivity contribution < 1.29 is 9.59 Å². The molecular formula is C17H23BrN2O2. The Labute approximate surface area is 140 Å². The highest BCUT2D eigenvalue weighted by atomic mass is 79.9. The van der Waals surface area contributed by atoms with Gasteiger partial charge in [-0.15, -0.1) is 0 Å². The van der Waals surface area contributed by atoms with Gasteiger partial charge in [-0.3, -0.25) is 9.59 Å². The van der Waals surface area contributed by atoms with Crippen molar-refractivity contribution in [3.63, 3.8) is 0 Å². The van der Waals surface area contributed by atoms with E-state index >= 15 is 0 Å². The highest BCUT2D eigenvalue weighted by molar-refractivity contribution is 9.10. The van der Waals surface area contributed by atoms with Crippen LogP contribution in [0.15, 0.2) is 22.7 Å². The van der Waals surface area contributed by atoms with E-state index in [0.717, 1.165) is 22.1 Å². The predicted molar refractivity (Wildman–Crippen MR) is 91.6 cm³/mol. The van der Waals surface area contributed by atoms with Crippen molar-refractivity contribution in [3.05, 3.63) is 28.2 Å². The molecule has 0 heterocycles. The summed E-state index contributed by atoms with van der Waals surface area (Å²) in [5.41, 5.74) is 0.911. The van der Waals surface area contributed by atoms with Crippen molar-refractivity contribution in [1.82, 2.24) is 5.32 Å². The Kier molecular flexibility index (Phi) is 5.27. The molecule has 0 spiro atoms. The fraction of sp³-hybridized carbons (Fsp3) is 0.529. The third-order valence-corrected chi connectivity index (χ3v) is 4.93. The molecule has 0 aliphatic heterocycles. The highest BCUT2D eigenvalue weighted by Gasteiger charge is 2.56. The molecular weight excluding hydrogens is 344 g/mol. The first-order valence-corrected chi connectivity index (χ1v) is 8.50. The summed E-state index contributed by atoms with van der Waals surface area (Å²) in [6, 6.07) is 5.63. The first-order valence-electron chi connectivity index (χ1n) is 7.71. The largest absolute Gasteiger partial charge is 0.355 e. The second-order valence-corrected chi connectivity index (χ2v) is 7.29. The van der Waals surface area contributed by atoms with Gasteiger partial charge in [0.1, 0.15) is 5.41 Å². The van der Waals surface area contributed by atoms with Crippen LogP contribution in [0, 0.1) is 18.3 Å². The number of amides is 2. The molecule has 22 heavy (non-hydrogen) atoms. The Morgan fingerprint density at radius 3 is 2.50 bits per heavy atom. The number of hydrogen-bond donors (Lipinski definition) is 2. The van der Waals surface area contributed by atoms with Gasteiger partial charge in [-0.1, -0.05) is 29.8 Å². The number of anilines is 1. The summed E-state index contributed by atoms with van der Waals surface area (Å²) < 4.78 is 0.998. The number of carbonyl (C=O) groups is 2. The standard InChI is InChI=1S/C17H23BrN2O2/c1-11(2)6-9-19-15(21)17(7-8-17)16(22)20-13-4-5-14(18)12(3)10-13/h4-5,10-11H,6-9H2,1-3H3,(H,19,21)(H,20,22). The van der Waals surface area contributed by atoms with Crippen molar-refractivity contribution >= 4 is 33.4 Å². The van der Waals surface area contributed by atoms with Gasteiger partial charge in [0.25, 0.3) is 0 Å². The normalized spacial score (nSPS) is 15.5. The molecule has 0 saturated heterocycles. The average molecular weight is 367 g/mol. The summed E-state index contributed by atoms with van der Waals surface area (Å²) in [6.45, 7) is 6.82. The topological polar surface area (TPSA) is 58.2 Å². The maximum absolute atomic E-state index is 12.4. The lowest BCUT2D eigenvalue weighted by molar-refractivity contribution is -0.134. The second kappa shape index (κ2) is 6.82. The Morgan fingerprint density at radius 2 is 1.95 bits per heavy atom. The van der Waals surface area contributed by atoms with Gasteiger partial charge < -0.3 is 10.6 Å². The number of carbonyl (C=O) groups excluding carboxylic acids is 2. The zero-order valence-corrected chi connectivity index (χ0v) is 14.9. The Morgan fingerprint density at radius 1 is 1.27 bits per heavy atom. The van der Waals surface area contributed by atoms with E-state index in [1.165, 1.54) is 0 Å². The molecule has 5 heteroatoms. The lowest BCUT2D eigenvalue weighted by Crippen LogP contribution is -2.40. The lowest BCUT2D eigenvalue weighted by atomic mass is 10.0. The maximum atomic E-state index is 12.4. The molecule has 4 nitrogen and oxygen atoms in total. The van der Waals surface area contributed by atoms with Crippen LogP contribution in [0.2, 0.25) is 0 Å². The predicted octanol–water partition coefficient (Wildman–Crippen LogP) is 3.64. The molecule has 1 aliphatic carbocycles. The third kappa shape index (κ3) is 3.88. The van der Waals surface area contributed by atoms with Gasteiger partial charge in [-0.25, -0.2) is 0 Å². The summed E-state index contributed by atoms with van der Waals surface area (Å²) in [5, 5.41) is 5.77. The van der Waals surface area contributed by atoms with Crippen LogP contribution in [0.3, 0.4) is 0 Å². The number of halogens is 1. The molecule has 120 valence electrons. The van der Waals surface area contributed by atoms with Gasteiger partial charge in [0, 0.05) is 16.7 Å². The van der Waals surface area contributed by atoms with Gasteiger partial charge in [0.05, 0.1) is 0 Å². The van der Waals surface area contributed by atoms with Gasteiger partial charge in [0.2, 0.25) is 11.8 Å². The molecule has 1 saturated carbocycles. The minimum Gasteiger partial charge on any atom is -0.355 e. The van der Waals surface area contributed by atoms with E-state index in [9.17, 15) is 9.59 Å². The average Bonchev–Trinajstić information content (AvgIpc) is 3.24. The maximum Gasteiger partial charge on any atom is 0.240 e. The number of benzene rings is 1. The van der Waals surface area contributed by atoms with Crippen LogP contribution in [0.4, 0.5) is 5.69 Å². The summed E-state index contributed by atoms with van der Waals surface area (Å²) in [5.74, 6) is 0.200. The van der Waals surface area contributed by atoms with E-state index in [1.54, 1.807) is 0 Å². The monoisotopic (exact) mass is 366 g/mol. The Bertz CT molecular complexity index is 580. The first-order chi connectivity index (χ1) is 10.3. The fourth-order valence-electron chi connectivity index (χ4n) is 2.30. The Balaban J connectivity index is 1.96. The summed E-state index contributed by atoms with van der Waals surface area (Å²) in [4.78, 5) is 24.7. The lowest BCUT2D eigenvalue weighted by Gasteiger charge is -2.16. The van der Waals surface area contributed by atoms with Crippen molar-refractivity contribution in [2.24, 2.45) is 11.3 Å². The SMILES string of the molecule is Cc1cc(NC(=O)C2(C(=O)NCCC(C)C)CC2)ccc1Br. The molecule has 1 aromatic rings. The first kappa shape index (κ1) is 17.0. The summed E-state index contributed by atoms with van der Waals surface area (Å²) in [6.07, 6.45) is 2.18. The second-order valence-electron chi connectivity index (χ2n) is 6.44. The van der Waals surface area contributed by atoms with Gasteiger partial charge in [0.15, 0.2) is 0 Å². The molecule has 0 unspecified atom stereocenters. The van der Waals surface area contributed by atoms with E-state index in [-0.39, 0.29) is 11.8 Å². The highest BCUT2D eigenvalue weighted by Crippen LogP contribution is 2.46. The van der Waals surface area contributed by atoms with E-state index < -0.39 is 5.41 Å². The van der Waals surface area contributed by atoms with E-state index in [4.69, 9.17) is 0 Å². The molecule has 1 fully saturated rings.